The van der Waals surface area contributed by atoms with Gasteiger partial charge in [-0.05, 0) is 43.3 Å². The lowest BCUT2D eigenvalue weighted by atomic mass is 10.0. The van der Waals surface area contributed by atoms with Crippen molar-refractivity contribution >= 4 is 23.9 Å². The zero-order valence-electron chi connectivity index (χ0n) is 22.2. The SMILES string of the molecule is CCOC(=O)/C=C(/N)[C@@H]1O[C@H](COC(=O)c2ccccc2)[C@@H](OC(=O)c2ccccc2)[C@H]1OC(=O)c1ccccc1. The molecule has 0 amide bonds. The molecule has 0 bridgehead atoms. The third-order valence-electron chi connectivity index (χ3n) is 6.10. The van der Waals surface area contributed by atoms with Crippen LogP contribution in [0.25, 0.3) is 0 Å². The molecule has 10 heteroatoms. The lowest BCUT2D eigenvalue weighted by Gasteiger charge is -2.24. The quantitative estimate of drug-likeness (QED) is 0.223. The Morgan fingerprint density at radius 3 is 1.66 bits per heavy atom. The molecule has 0 radical (unpaired) electrons. The predicted octanol–water partition coefficient (Wildman–Crippen LogP) is 3.47. The fourth-order valence-electron chi connectivity index (χ4n) is 4.15. The molecule has 2 N–H and O–H groups in total. The van der Waals surface area contributed by atoms with E-state index < -0.39 is 48.3 Å². The summed E-state index contributed by atoms with van der Waals surface area (Å²) >= 11 is 0. The molecular formula is C31H29NO9. The monoisotopic (exact) mass is 559 g/mol. The highest BCUT2D eigenvalue weighted by Gasteiger charge is 2.51. The number of rotatable bonds is 10. The van der Waals surface area contributed by atoms with Gasteiger partial charge in [0.15, 0.2) is 12.2 Å². The van der Waals surface area contributed by atoms with E-state index in [4.69, 9.17) is 29.4 Å². The first kappa shape index (κ1) is 29.0. The molecule has 0 unspecified atom stereocenters. The molecular weight excluding hydrogens is 530 g/mol. The molecule has 1 aliphatic heterocycles. The fraction of sp³-hybridized carbons (Fsp3) is 0.226. The Morgan fingerprint density at radius 1 is 0.707 bits per heavy atom. The van der Waals surface area contributed by atoms with Crippen LogP contribution in [0.3, 0.4) is 0 Å². The Morgan fingerprint density at radius 2 is 1.17 bits per heavy atom. The fourth-order valence-corrected chi connectivity index (χ4v) is 4.15. The van der Waals surface area contributed by atoms with Crippen molar-refractivity contribution in [3.63, 3.8) is 0 Å². The van der Waals surface area contributed by atoms with Gasteiger partial charge in [0.2, 0.25) is 0 Å². The molecule has 212 valence electrons. The van der Waals surface area contributed by atoms with E-state index in [0.717, 1.165) is 6.08 Å². The third-order valence-corrected chi connectivity index (χ3v) is 6.10. The molecule has 4 atom stereocenters. The standard InChI is InChI=1S/C31H29NO9/c1-2-37-25(33)18-23(32)26-28(41-31(36)22-16-10-5-11-17-22)27(40-30(35)21-14-8-4-9-15-21)24(39-26)19-38-29(34)20-12-6-3-7-13-20/h3-18,24,26-28H,2,19,32H2,1H3/b23-18+/t24-,26+,27-,28+/m1/s1. The van der Waals surface area contributed by atoms with E-state index in [1.165, 1.54) is 0 Å². The van der Waals surface area contributed by atoms with E-state index >= 15 is 0 Å². The minimum absolute atomic E-state index is 0.107. The highest BCUT2D eigenvalue weighted by atomic mass is 16.7. The average Bonchev–Trinajstić information content (AvgIpc) is 3.33. The maximum absolute atomic E-state index is 13.1. The first-order valence-electron chi connectivity index (χ1n) is 12.9. The molecule has 1 saturated heterocycles. The first-order valence-corrected chi connectivity index (χ1v) is 12.9. The number of benzene rings is 3. The zero-order valence-corrected chi connectivity index (χ0v) is 22.2. The summed E-state index contributed by atoms with van der Waals surface area (Å²) in [5, 5.41) is 0. The number of nitrogens with two attached hydrogens (primary N) is 1. The summed E-state index contributed by atoms with van der Waals surface area (Å²) < 4.78 is 28.1. The average molecular weight is 560 g/mol. The number of carbonyl (C=O) groups is 4. The van der Waals surface area contributed by atoms with Crippen LogP contribution in [-0.4, -0.2) is 61.5 Å². The summed E-state index contributed by atoms with van der Waals surface area (Å²) in [5.41, 5.74) is 6.85. The minimum atomic E-state index is -1.30. The van der Waals surface area contributed by atoms with Gasteiger partial charge in [0.1, 0.15) is 18.8 Å². The van der Waals surface area contributed by atoms with Crippen molar-refractivity contribution in [2.75, 3.05) is 13.2 Å². The zero-order chi connectivity index (χ0) is 29.2. The molecule has 0 spiro atoms. The topological polar surface area (TPSA) is 140 Å². The molecule has 3 aromatic carbocycles. The van der Waals surface area contributed by atoms with Crippen LogP contribution in [0.2, 0.25) is 0 Å². The molecule has 0 aliphatic carbocycles. The largest absolute Gasteiger partial charge is 0.463 e. The second kappa shape index (κ2) is 13.9. The maximum atomic E-state index is 13.1. The van der Waals surface area contributed by atoms with E-state index in [1.54, 1.807) is 97.9 Å². The highest BCUT2D eigenvalue weighted by Crippen LogP contribution is 2.31. The summed E-state index contributed by atoms with van der Waals surface area (Å²) in [6.07, 6.45) is -3.91. The molecule has 1 heterocycles. The van der Waals surface area contributed by atoms with Crippen molar-refractivity contribution in [2.45, 2.75) is 31.3 Å². The van der Waals surface area contributed by atoms with Gasteiger partial charge in [0.25, 0.3) is 0 Å². The van der Waals surface area contributed by atoms with Crippen molar-refractivity contribution in [1.29, 1.82) is 0 Å². The van der Waals surface area contributed by atoms with Gasteiger partial charge in [0, 0.05) is 11.8 Å². The van der Waals surface area contributed by atoms with Gasteiger partial charge >= 0.3 is 23.9 Å². The Kier molecular flexibility index (Phi) is 9.85. The molecule has 4 rings (SSSR count). The summed E-state index contributed by atoms with van der Waals surface area (Å²) in [6.45, 7) is 1.37. The predicted molar refractivity (Wildman–Crippen MR) is 146 cm³/mol. The molecule has 10 nitrogen and oxygen atoms in total. The summed E-state index contributed by atoms with van der Waals surface area (Å²) in [5.74, 6) is -2.85. The number of esters is 4. The van der Waals surface area contributed by atoms with Crippen molar-refractivity contribution in [3.8, 4) is 0 Å². The van der Waals surface area contributed by atoms with Gasteiger partial charge in [-0.15, -0.1) is 0 Å². The number of hydrogen-bond acceptors (Lipinski definition) is 10. The minimum Gasteiger partial charge on any atom is -0.463 e. The number of ether oxygens (including phenoxy) is 5. The normalized spacial score (nSPS) is 20.1. The Bertz CT molecular complexity index is 1380. The van der Waals surface area contributed by atoms with Crippen LogP contribution >= 0.6 is 0 Å². The lowest BCUT2D eigenvalue weighted by Crippen LogP contribution is -2.43. The van der Waals surface area contributed by atoms with Gasteiger partial charge in [0.05, 0.1) is 23.3 Å². The van der Waals surface area contributed by atoms with Gasteiger partial charge in [-0.1, -0.05) is 54.6 Å². The maximum Gasteiger partial charge on any atom is 0.338 e. The molecule has 1 fully saturated rings. The molecule has 0 aromatic heterocycles. The smallest absolute Gasteiger partial charge is 0.338 e. The molecule has 0 saturated carbocycles. The van der Waals surface area contributed by atoms with E-state index in [9.17, 15) is 19.2 Å². The van der Waals surface area contributed by atoms with Crippen LogP contribution in [0.15, 0.2) is 103 Å². The van der Waals surface area contributed by atoms with E-state index in [-0.39, 0.29) is 30.0 Å². The van der Waals surface area contributed by atoms with Crippen LogP contribution in [0.5, 0.6) is 0 Å². The van der Waals surface area contributed by atoms with Crippen molar-refractivity contribution < 1.29 is 42.9 Å². The second-order valence-electron chi connectivity index (χ2n) is 8.93. The lowest BCUT2D eigenvalue weighted by molar-refractivity contribution is -0.137. The first-order chi connectivity index (χ1) is 19.9. The van der Waals surface area contributed by atoms with Crippen molar-refractivity contribution in [1.82, 2.24) is 0 Å². The molecule has 3 aromatic rings. The van der Waals surface area contributed by atoms with Crippen LogP contribution in [0, 0.1) is 0 Å². The number of carbonyl (C=O) groups excluding carboxylic acids is 4. The van der Waals surface area contributed by atoms with E-state index in [0.29, 0.717) is 5.56 Å². The van der Waals surface area contributed by atoms with Gasteiger partial charge < -0.3 is 29.4 Å². The highest BCUT2D eigenvalue weighted by molar-refractivity contribution is 5.91. The van der Waals surface area contributed by atoms with Gasteiger partial charge in [-0.2, -0.15) is 0 Å². The summed E-state index contributed by atoms with van der Waals surface area (Å²) in [4.78, 5) is 51.0. The Hall–Kier alpha value is -4.96. The van der Waals surface area contributed by atoms with Crippen LogP contribution in [0.1, 0.15) is 38.0 Å². The summed E-state index contributed by atoms with van der Waals surface area (Å²) in [7, 11) is 0. The van der Waals surface area contributed by atoms with Crippen molar-refractivity contribution in [2.24, 2.45) is 5.73 Å². The third kappa shape index (κ3) is 7.58. The van der Waals surface area contributed by atoms with Crippen LogP contribution in [-0.2, 0) is 28.5 Å². The van der Waals surface area contributed by atoms with Crippen molar-refractivity contribution in [3.05, 3.63) is 119 Å². The second-order valence-corrected chi connectivity index (χ2v) is 8.93. The van der Waals surface area contributed by atoms with Gasteiger partial charge in [-0.25, -0.2) is 19.2 Å². The molecule has 41 heavy (non-hydrogen) atoms. The molecule has 1 aliphatic rings. The van der Waals surface area contributed by atoms with Crippen LogP contribution < -0.4 is 5.73 Å². The number of hydrogen-bond donors (Lipinski definition) is 1. The Labute approximate surface area is 236 Å². The van der Waals surface area contributed by atoms with E-state index in [2.05, 4.69) is 0 Å². The van der Waals surface area contributed by atoms with Crippen LogP contribution in [0.4, 0.5) is 0 Å². The summed E-state index contributed by atoms with van der Waals surface area (Å²) in [6, 6.07) is 24.6. The van der Waals surface area contributed by atoms with E-state index in [1.807, 2.05) is 0 Å². The van der Waals surface area contributed by atoms with Gasteiger partial charge in [-0.3, -0.25) is 0 Å². The Balaban J connectivity index is 1.66.